The first kappa shape index (κ1) is 17.3. The molecule has 1 amide bonds. The highest BCUT2D eigenvalue weighted by molar-refractivity contribution is 5.97. The SMILES string of the molecule is COc1ccccc1C(=O)N1CCCCC1CCN1CCCCC1. The van der Waals surface area contributed by atoms with Gasteiger partial charge in [0.05, 0.1) is 12.7 Å². The maximum atomic E-state index is 13.1. The van der Waals surface area contributed by atoms with Gasteiger partial charge in [-0.2, -0.15) is 0 Å². The molecule has 1 aromatic carbocycles. The second-order valence-corrected chi connectivity index (χ2v) is 7.04. The minimum atomic E-state index is 0.135. The summed E-state index contributed by atoms with van der Waals surface area (Å²) in [7, 11) is 1.64. The molecule has 4 heteroatoms. The third-order valence-electron chi connectivity index (χ3n) is 5.45. The van der Waals surface area contributed by atoms with Crippen LogP contribution >= 0.6 is 0 Å². The number of piperidine rings is 2. The Morgan fingerprint density at radius 3 is 2.62 bits per heavy atom. The fourth-order valence-corrected chi connectivity index (χ4v) is 4.06. The molecule has 0 radical (unpaired) electrons. The van der Waals surface area contributed by atoms with Crippen LogP contribution in [0.15, 0.2) is 24.3 Å². The summed E-state index contributed by atoms with van der Waals surface area (Å²) < 4.78 is 5.39. The molecule has 0 aliphatic carbocycles. The maximum absolute atomic E-state index is 13.1. The molecule has 0 N–H and O–H groups in total. The van der Waals surface area contributed by atoms with E-state index in [1.54, 1.807) is 7.11 Å². The minimum Gasteiger partial charge on any atom is -0.496 e. The van der Waals surface area contributed by atoms with Crippen molar-refractivity contribution in [2.75, 3.05) is 33.3 Å². The molecular formula is C20H30N2O2. The lowest BCUT2D eigenvalue weighted by molar-refractivity contribution is 0.0576. The largest absolute Gasteiger partial charge is 0.496 e. The van der Waals surface area contributed by atoms with Crippen LogP contribution in [0.4, 0.5) is 0 Å². The van der Waals surface area contributed by atoms with Crippen molar-refractivity contribution in [1.29, 1.82) is 0 Å². The molecule has 0 bridgehead atoms. The van der Waals surface area contributed by atoms with Crippen LogP contribution in [-0.4, -0.2) is 55.0 Å². The Morgan fingerprint density at radius 2 is 1.83 bits per heavy atom. The zero-order valence-electron chi connectivity index (χ0n) is 14.9. The van der Waals surface area contributed by atoms with Crippen LogP contribution in [0.2, 0.25) is 0 Å². The van der Waals surface area contributed by atoms with E-state index < -0.39 is 0 Å². The molecule has 2 heterocycles. The van der Waals surface area contributed by atoms with Crippen LogP contribution in [0.3, 0.4) is 0 Å². The van der Waals surface area contributed by atoms with Crippen molar-refractivity contribution < 1.29 is 9.53 Å². The first-order valence-electron chi connectivity index (χ1n) is 9.46. The van der Waals surface area contributed by atoms with Crippen molar-refractivity contribution in [2.24, 2.45) is 0 Å². The van der Waals surface area contributed by atoms with Gasteiger partial charge in [-0.15, -0.1) is 0 Å². The van der Waals surface area contributed by atoms with Gasteiger partial charge in [-0.3, -0.25) is 4.79 Å². The summed E-state index contributed by atoms with van der Waals surface area (Å²) in [4.78, 5) is 17.7. The average molecular weight is 330 g/mol. The van der Waals surface area contributed by atoms with Gasteiger partial charge in [-0.05, 0) is 63.7 Å². The first-order valence-corrected chi connectivity index (χ1v) is 9.46. The van der Waals surface area contributed by atoms with Gasteiger partial charge in [-0.1, -0.05) is 18.6 Å². The van der Waals surface area contributed by atoms with Crippen LogP contribution < -0.4 is 4.74 Å². The Hall–Kier alpha value is -1.55. The number of carbonyl (C=O) groups excluding carboxylic acids is 1. The fraction of sp³-hybridized carbons (Fsp3) is 0.650. The number of nitrogens with zero attached hydrogens (tertiary/aromatic N) is 2. The molecule has 1 aromatic rings. The molecule has 0 saturated carbocycles. The van der Waals surface area contributed by atoms with Gasteiger partial charge in [0.1, 0.15) is 5.75 Å². The van der Waals surface area contributed by atoms with Crippen molar-refractivity contribution in [3.8, 4) is 5.75 Å². The standard InChI is InChI=1S/C20H30N2O2/c1-24-19-11-4-3-10-18(19)20(23)22-15-8-5-9-17(22)12-16-21-13-6-2-7-14-21/h3-4,10-11,17H,2,5-9,12-16H2,1H3. The lowest BCUT2D eigenvalue weighted by atomic mass is 9.97. The summed E-state index contributed by atoms with van der Waals surface area (Å²) in [5.41, 5.74) is 0.699. The number of carbonyl (C=O) groups is 1. The van der Waals surface area contributed by atoms with E-state index in [-0.39, 0.29) is 5.91 Å². The first-order chi connectivity index (χ1) is 11.8. The average Bonchev–Trinajstić information content (AvgIpc) is 2.67. The highest BCUT2D eigenvalue weighted by atomic mass is 16.5. The van der Waals surface area contributed by atoms with E-state index in [9.17, 15) is 4.79 Å². The lowest BCUT2D eigenvalue weighted by Crippen LogP contribution is -2.45. The van der Waals surface area contributed by atoms with Gasteiger partial charge >= 0.3 is 0 Å². The van der Waals surface area contributed by atoms with E-state index in [1.807, 2.05) is 24.3 Å². The number of hydrogen-bond acceptors (Lipinski definition) is 3. The van der Waals surface area contributed by atoms with Crippen LogP contribution in [0.1, 0.15) is 55.3 Å². The van der Waals surface area contributed by atoms with Gasteiger partial charge < -0.3 is 14.5 Å². The van der Waals surface area contributed by atoms with Gasteiger partial charge in [0.15, 0.2) is 0 Å². The smallest absolute Gasteiger partial charge is 0.257 e. The predicted molar refractivity (Wildman–Crippen MR) is 96.6 cm³/mol. The fourth-order valence-electron chi connectivity index (χ4n) is 4.06. The highest BCUT2D eigenvalue weighted by Gasteiger charge is 2.29. The molecule has 3 rings (SSSR count). The molecule has 2 saturated heterocycles. The van der Waals surface area contributed by atoms with Crippen LogP contribution in [0, 0.1) is 0 Å². The Morgan fingerprint density at radius 1 is 1.08 bits per heavy atom. The third-order valence-corrected chi connectivity index (χ3v) is 5.45. The van der Waals surface area contributed by atoms with Crippen molar-refractivity contribution >= 4 is 5.91 Å². The second-order valence-electron chi connectivity index (χ2n) is 7.04. The van der Waals surface area contributed by atoms with E-state index in [2.05, 4.69) is 9.80 Å². The number of methoxy groups -OCH3 is 1. The quantitative estimate of drug-likeness (QED) is 0.827. The molecular weight excluding hydrogens is 300 g/mol. The maximum Gasteiger partial charge on any atom is 0.257 e. The minimum absolute atomic E-state index is 0.135. The van der Waals surface area contributed by atoms with Gasteiger partial charge in [0.25, 0.3) is 5.91 Å². The molecule has 0 spiro atoms. The molecule has 2 aliphatic heterocycles. The zero-order valence-corrected chi connectivity index (χ0v) is 14.9. The van der Waals surface area contributed by atoms with Crippen molar-refractivity contribution in [2.45, 2.75) is 51.0 Å². The Labute approximate surface area is 145 Å². The van der Waals surface area contributed by atoms with Crippen molar-refractivity contribution in [1.82, 2.24) is 9.80 Å². The lowest BCUT2D eigenvalue weighted by Gasteiger charge is -2.37. The summed E-state index contributed by atoms with van der Waals surface area (Å²) in [5.74, 6) is 0.818. The van der Waals surface area contributed by atoms with E-state index in [4.69, 9.17) is 4.74 Å². The Kier molecular flexibility index (Phi) is 6.13. The van der Waals surface area contributed by atoms with Gasteiger partial charge in [0, 0.05) is 19.1 Å². The van der Waals surface area contributed by atoms with Crippen LogP contribution in [0.5, 0.6) is 5.75 Å². The molecule has 24 heavy (non-hydrogen) atoms. The third kappa shape index (κ3) is 4.10. The topological polar surface area (TPSA) is 32.8 Å². The number of para-hydroxylation sites is 1. The summed E-state index contributed by atoms with van der Waals surface area (Å²) in [6.45, 7) is 4.46. The molecule has 2 aliphatic rings. The Bertz CT molecular complexity index is 540. The number of rotatable bonds is 5. The number of likely N-dealkylation sites (tertiary alicyclic amines) is 2. The number of hydrogen-bond donors (Lipinski definition) is 0. The van der Waals surface area contributed by atoms with E-state index in [0.717, 1.165) is 32.4 Å². The predicted octanol–water partition coefficient (Wildman–Crippen LogP) is 3.57. The van der Waals surface area contributed by atoms with Gasteiger partial charge in [-0.25, -0.2) is 0 Å². The zero-order chi connectivity index (χ0) is 16.8. The number of amides is 1. The summed E-state index contributed by atoms with van der Waals surface area (Å²) in [5, 5.41) is 0. The van der Waals surface area contributed by atoms with Crippen LogP contribution in [-0.2, 0) is 0 Å². The highest BCUT2D eigenvalue weighted by Crippen LogP contribution is 2.26. The second kappa shape index (κ2) is 8.52. The monoisotopic (exact) mass is 330 g/mol. The summed E-state index contributed by atoms with van der Waals surface area (Å²) in [6.07, 6.45) is 8.61. The number of ether oxygens (including phenoxy) is 1. The molecule has 2 fully saturated rings. The molecule has 1 atom stereocenters. The summed E-state index contributed by atoms with van der Waals surface area (Å²) in [6, 6.07) is 7.97. The van der Waals surface area contributed by atoms with Crippen molar-refractivity contribution in [3.05, 3.63) is 29.8 Å². The van der Waals surface area contributed by atoms with Crippen LogP contribution in [0.25, 0.3) is 0 Å². The molecule has 1 unspecified atom stereocenters. The van der Waals surface area contributed by atoms with E-state index in [0.29, 0.717) is 17.4 Å². The van der Waals surface area contributed by atoms with Crippen molar-refractivity contribution in [3.63, 3.8) is 0 Å². The van der Waals surface area contributed by atoms with E-state index >= 15 is 0 Å². The van der Waals surface area contributed by atoms with Gasteiger partial charge in [0.2, 0.25) is 0 Å². The van der Waals surface area contributed by atoms with E-state index in [1.165, 1.54) is 38.8 Å². The molecule has 132 valence electrons. The Balaban J connectivity index is 1.65. The number of benzene rings is 1. The molecule has 4 nitrogen and oxygen atoms in total. The normalized spacial score (nSPS) is 22.4. The molecule has 0 aromatic heterocycles. The summed E-state index contributed by atoms with van der Waals surface area (Å²) >= 11 is 0.